The molecule has 0 bridgehead atoms. The van der Waals surface area contributed by atoms with Crippen molar-refractivity contribution in [1.82, 2.24) is 0 Å². The number of aromatic hydroxyl groups is 1. The largest absolute Gasteiger partial charge is 0.507 e. The Labute approximate surface area is 162 Å². The molecule has 6 heteroatoms. The van der Waals surface area contributed by atoms with E-state index < -0.39 is 18.5 Å². The average Bonchev–Trinajstić information content (AvgIpc) is 2.73. The van der Waals surface area contributed by atoms with Crippen LogP contribution in [0.2, 0.25) is 0 Å². The predicted molar refractivity (Wildman–Crippen MR) is 105 cm³/mol. The van der Waals surface area contributed by atoms with Crippen molar-refractivity contribution in [1.29, 1.82) is 0 Å². The van der Waals surface area contributed by atoms with E-state index in [0.717, 1.165) is 11.1 Å². The molecule has 3 aromatic rings. The zero-order chi connectivity index (χ0) is 19.9. The summed E-state index contributed by atoms with van der Waals surface area (Å²) >= 11 is 0. The number of hydrogen-bond donors (Lipinski definition) is 2. The fourth-order valence-electron chi connectivity index (χ4n) is 2.66. The first kappa shape index (κ1) is 19.0. The zero-order valence-electron chi connectivity index (χ0n) is 15.2. The van der Waals surface area contributed by atoms with Gasteiger partial charge in [-0.1, -0.05) is 48.5 Å². The third kappa shape index (κ3) is 4.48. The monoisotopic (exact) mass is 377 g/mol. The van der Waals surface area contributed by atoms with Gasteiger partial charge in [0.15, 0.2) is 6.61 Å². The minimum atomic E-state index is -0.817. The molecule has 0 atom stereocenters. The maximum absolute atomic E-state index is 12.3. The maximum atomic E-state index is 12.3. The number of phenols is 1. The minimum absolute atomic E-state index is 0.0724. The van der Waals surface area contributed by atoms with E-state index in [1.165, 1.54) is 25.3 Å². The average molecular weight is 377 g/mol. The number of carbonyl (C=O) groups excluding carboxylic acids is 2. The van der Waals surface area contributed by atoms with E-state index in [9.17, 15) is 14.7 Å². The highest BCUT2D eigenvalue weighted by molar-refractivity contribution is 5.99. The summed E-state index contributed by atoms with van der Waals surface area (Å²) in [5.41, 5.74) is 2.35. The number of ether oxygens (including phenoxy) is 2. The number of phenolic OH excluding ortho intramolecular Hbond substituents is 1. The molecular formula is C22H19NO5. The second-order valence-electron chi connectivity index (χ2n) is 5.92. The number of hydrogen-bond acceptors (Lipinski definition) is 5. The van der Waals surface area contributed by atoms with Gasteiger partial charge in [0.25, 0.3) is 5.91 Å². The van der Waals surface area contributed by atoms with Gasteiger partial charge in [0, 0.05) is 11.3 Å². The molecule has 0 aliphatic heterocycles. The van der Waals surface area contributed by atoms with Gasteiger partial charge in [-0.15, -0.1) is 0 Å². The van der Waals surface area contributed by atoms with Crippen molar-refractivity contribution in [2.75, 3.05) is 19.0 Å². The number of rotatable bonds is 6. The zero-order valence-corrected chi connectivity index (χ0v) is 15.2. The quantitative estimate of drug-likeness (QED) is 0.637. The van der Waals surface area contributed by atoms with Crippen molar-refractivity contribution in [3.05, 3.63) is 78.4 Å². The van der Waals surface area contributed by atoms with Crippen LogP contribution in [0.1, 0.15) is 10.4 Å². The van der Waals surface area contributed by atoms with E-state index in [1.807, 2.05) is 48.5 Å². The van der Waals surface area contributed by atoms with E-state index in [0.29, 0.717) is 11.4 Å². The molecule has 0 aliphatic rings. The summed E-state index contributed by atoms with van der Waals surface area (Å²) < 4.78 is 10.0. The lowest BCUT2D eigenvalue weighted by Crippen LogP contribution is -2.21. The number of methoxy groups -OCH3 is 1. The van der Waals surface area contributed by atoms with Crippen LogP contribution >= 0.6 is 0 Å². The summed E-state index contributed by atoms with van der Waals surface area (Å²) in [6.45, 7) is -0.487. The molecule has 0 radical (unpaired) electrons. The second kappa shape index (κ2) is 8.73. The number of amides is 1. The molecule has 0 unspecified atom stereocenters. The van der Waals surface area contributed by atoms with Crippen molar-refractivity contribution < 1.29 is 24.2 Å². The van der Waals surface area contributed by atoms with Crippen LogP contribution in [0.25, 0.3) is 11.1 Å². The molecule has 0 aliphatic carbocycles. The van der Waals surface area contributed by atoms with Gasteiger partial charge in [-0.05, 0) is 29.8 Å². The van der Waals surface area contributed by atoms with E-state index >= 15 is 0 Å². The summed E-state index contributed by atoms with van der Waals surface area (Å²) in [5.74, 6) is -1.16. The molecule has 28 heavy (non-hydrogen) atoms. The number of benzene rings is 3. The van der Waals surface area contributed by atoms with Gasteiger partial charge in [-0.3, -0.25) is 4.79 Å². The summed E-state index contributed by atoms with van der Waals surface area (Å²) in [6, 6.07) is 21.2. The van der Waals surface area contributed by atoms with Crippen LogP contribution in [0, 0.1) is 0 Å². The van der Waals surface area contributed by atoms with Crippen molar-refractivity contribution in [2.45, 2.75) is 0 Å². The van der Waals surface area contributed by atoms with E-state index in [1.54, 1.807) is 6.07 Å². The molecule has 3 rings (SSSR count). The Morgan fingerprint density at radius 2 is 1.68 bits per heavy atom. The third-order valence-corrected chi connectivity index (χ3v) is 4.04. The lowest BCUT2D eigenvalue weighted by molar-refractivity contribution is -0.119. The Bertz CT molecular complexity index is 985. The number of para-hydroxylation sites is 1. The molecule has 1 amide bonds. The highest BCUT2D eigenvalue weighted by atomic mass is 16.5. The van der Waals surface area contributed by atoms with E-state index in [-0.39, 0.29) is 11.3 Å². The third-order valence-electron chi connectivity index (χ3n) is 4.04. The first-order valence-corrected chi connectivity index (χ1v) is 8.57. The fraction of sp³-hybridized carbons (Fsp3) is 0.0909. The van der Waals surface area contributed by atoms with Crippen LogP contribution in [0.15, 0.2) is 72.8 Å². The lowest BCUT2D eigenvalue weighted by atomic mass is 10.0. The summed E-state index contributed by atoms with van der Waals surface area (Å²) in [5, 5.41) is 12.6. The van der Waals surface area contributed by atoms with Gasteiger partial charge in [0.1, 0.15) is 17.1 Å². The van der Waals surface area contributed by atoms with E-state index in [4.69, 9.17) is 9.47 Å². The summed E-state index contributed by atoms with van der Waals surface area (Å²) in [6.07, 6.45) is 0. The number of nitrogens with one attached hydrogen (secondary N) is 1. The number of carbonyl (C=O) groups is 2. The van der Waals surface area contributed by atoms with Crippen LogP contribution in [-0.4, -0.2) is 30.7 Å². The first-order chi connectivity index (χ1) is 13.6. The van der Waals surface area contributed by atoms with Gasteiger partial charge in [-0.25, -0.2) is 4.79 Å². The molecule has 0 aromatic heterocycles. The Balaban J connectivity index is 1.67. The fourth-order valence-corrected chi connectivity index (χ4v) is 2.66. The van der Waals surface area contributed by atoms with Gasteiger partial charge < -0.3 is 19.9 Å². The Kier molecular flexibility index (Phi) is 5.91. The molecule has 0 spiro atoms. The van der Waals surface area contributed by atoms with Gasteiger partial charge in [0.05, 0.1) is 7.11 Å². The molecular weight excluding hydrogens is 358 g/mol. The second-order valence-corrected chi connectivity index (χ2v) is 5.92. The number of esters is 1. The van der Waals surface area contributed by atoms with Crippen LogP contribution in [0.3, 0.4) is 0 Å². The molecule has 142 valence electrons. The van der Waals surface area contributed by atoms with Crippen molar-refractivity contribution >= 4 is 17.6 Å². The highest BCUT2D eigenvalue weighted by Crippen LogP contribution is 2.27. The molecule has 3 aromatic carbocycles. The van der Waals surface area contributed by atoms with Crippen LogP contribution in [0.5, 0.6) is 11.5 Å². The topological polar surface area (TPSA) is 84.9 Å². The molecule has 2 N–H and O–H groups in total. The maximum Gasteiger partial charge on any atom is 0.342 e. The van der Waals surface area contributed by atoms with Crippen molar-refractivity contribution in [2.24, 2.45) is 0 Å². The lowest BCUT2D eigenvalue weighted by Gasteiger charge is -2.12. The molecule has 6 nitrogen and oxygen atoms in total. The van der Waals surface area contributed by atoms with Gasteiger partial charge in [-0.2, -0.15) is 0 Å². The predicted octanol–water partition coefficient (Wildman–Crippen LogP) is 3.86. The van der Waals surface area contributed by atoms with E-state index in [2.05, 4.69) is 5.32 Å². The van der Waals surface area contributed by atoms with Crippen molar-refractivity contribution in [3.8, 4) is 22.6 Å². The standard InChI is InChI=1S/C22H19NO5/c1-27-16-11-12-20(24)18(13-16)22(26)28-14-21(25)23-19-10-6-5-9-17(19)15-7-3-2-4-8-15/h2-13,24H,14H2,1H3,(H,23,25). The van der Waals surface area contributed by atoms with Crippen molar-refractivity contribution in [3.63, 3.8) is 0 Å². The SMILES string of the molecule is COc1ccc(O)c(C(=O)OCC(=O)Nc2ccccc2-c2ccccc2)c1. The van der Waals surface area contributed by atoms with Crippen LogP contribution in [0.4, 0.5) is 5.69 Å². The molecule has 0 fully saturated rings. The summed E-state index contributed by atoms with van der Waals surface area (Å²) in [4.78, 5) is 24.4. The minimum Gasteiger partial charge on any atom is -0.507 e. The van der Waals surface area contributed by atoms with Crippen LogP contribution < -0.4 is 10.1 Å². The van der Waals surface area contributed by atoms with Crippen LogP contribution in [-0.2, 0) is 9.53 Å². The Morgan fingerprint density at radius 3 is 2.43 bits per heavy atom. The molecule has 0 heterocycles. The Hall–Kier alpha value is -3.80. The van der Waals surface area contributed by atoms with Gasteiger partial charge in [0.2, 0.25) is 0 Å². The Morgan fingerprint density at radius 1 is 0.964 bits per heavy atom. The number of anilines is 1. The smallest absolute Gasteiger partial charge is 0.342 e. The normalized spacial score (nSPS) is 10.2. The molecule has 0 saturated heterocycles. The molecule has 0 saturated carbocycles. The summed E-state index contributed by atoms with van der Waals surface area (Å²) in [7, 11) is 1.44. The highest BCUT2D eigenvalue weighted by Gasteiger charge is 2.16. The first-order valence-electron chi connectivity index (χ1n) is 8.57. The van der Waals surface area contributed by atoms with Gasteiger partial charge >= 0.3 is 5.97 Å².